The molecule has 0 amide bonds. The zero-order chi connectivity index (χ0) is 9.47. The average Bonchev–Trinajstić information content (AvgIpc) is 2.70. The molecule has 0 aromatic rings. The minimum atomic E-state index is -0.389. The van der Waals surface area contributed by atoms with Crippen molar-refractivity contribution < 1.29 is 9.47 Å². The van der Waals surface area contributed by atoms with Crippen LogP contribution in [-0.4, -0.2) is 18.5 Å². The third kappa shape index (κ3) is 2.07. The van der Waals surface area contributed by atoms with Crippen LogP contribution in [0.4, 0.5) is 0 Å². The Morgan fingerprint density at radius 3 is 2.77 bits per heavy atom. The number of hydrogen-bond acceptors (Lipinski definition) is 2. The quantitative estimate of drug-likeness (QED) is 0.659. The highest BCUT2D eigenvalue weighted by atomic mass is 79.9. The Kier molecular flexibility index (Phi) is 2.39. The molecule has 72 valence electrons. The summed E-state index contributed by atoms with van der Waals surface area (Å²) in [6, 6.07) is 0. The first-order valence-electron chi connectivity index (χ1n) is 4.55. The van der Waals surface area contributed by atoms with Crippen molar-refractivity contribution in [2.75, 3.05) is 6.61 Å². The van der Waals surface area contributed by atoms with Crippen LogP contribution < -0.4 is 0 Å². The van der Waals surface area contributed by atoms with E-state index < -0.39 is 0 Å². The van der Waals surface area contributed by atoms with E-state index in [1.54, 1.807) is 0 Å². The Morgan fingerprint density at radius 2 is 2.23 bits per heavy atom. The van der Waals surface area contributed by atoms with Gasteiger partial charge in [-0.3, -0.25) is 0 Å². The van der Waals surface area contributed by atoms with E-state index in [4.69, 9.17) is 9.47 Å². The van der Waals surface area contributed by atoms with E-state index in [1.165, 1.54) is 0 Å². The lowest BCUT2D eigenvalue weighted by Gasteiger charge is -2.16. The molecule has 0 radical (unpaired) electrons. The van der Waals surface area contributed by atoms with E-state index in [-0.39, 0.29) is 11.9 Å². The van der Waals surface area contributed by atoms with Crippen molar-refractivity contribution in [3.8, 4) is 10.8 Å². The van der Waals surface area contributed by atoms with Gasteiger partial charge in [0, 0.05) is 27.8 Å². The lowest BCUT2D eigenvalue weighted by molar-refractivity contribution is -0.140. The molecule has 2 fully saturated rings. The summed E-state index contributed by atoms with van der Waals surface area (Å²) >= 11 is 3.12. The molecule has 0 unspecified atom stereocenters. The highest BCUT2D eigenvalue weighted by molar-refractivity contribution is 9.12. The molecular weight excluding hydrogens is 232 g/mol. The van der Waals surface area contributed by atoms with E-state index in [9.17, 15) is 0 Å². The predicted molar refractivity (Wildman–Crippen MR) is 53.2 cm³/mol. The van der Waals surface area contributed by atoms with Gasteiger partial charge in [0.05, 0.1) is 12.7 Å². The first kappa shape index (κ1) is 9.51. The molecule has 1 saturated heterocycles. The summed E-state index contributed by atoms with van der Waals surface area (Å²) in [5.74, 6) is 3.82. The van der Waals surface area contributed by atoms with E-state index >= 15 is 0 Å². The summed E-state index contributed by atoms with van der Waals surface area (Å²) in [7, 11) is 0. The van der Waals surface area contributed by atoms with Crippen LogP contribution in [0, 0.1) is 22.6 Å². The van der Waals surface area contributed by atoms with Gasteiger partial charge >= 0.3 is 0 Å². The van der Waals surface area contributed by atoms with Crippen molar-refractivity contribution in [2.45, 2.75) is 32.2 Å². The maximum atomic E-state index is 5.74. The molecule has 2 rings (SSSR count). The molecule has 2 aliphatic rings. The van der Waals surface area contributed by atoms with Gasteiger partial charge in [-0.25, -0.2) is 0 Å². The maximum Gasteiger partial charge on any atom is 0.163 e. The van der Waals surface area contributed by atoms with Gasteiger partial charge in [-0.2, -0.15) is 0 Å². The van der Waals surface area contributed by atoms with Gasteiger partial charge in [0.2, 0.25) is 0 Å². The third-order valence-electron chi connectivity index (χ3n) is 2.59. The fourth-order valence-corrected chi connectivity index (χ4v) is 2.08. The third-order valence-corrected chi connectivity index (χ3v) is 2.82. The van der Waals surface area contributed by atoms with Gasteiger partial charge in [-0.15, -0.1) is 0 Å². The molecule has 0 aromatic heterocycles. The van der Waals surface area contributed by atoms with Gasteiger partial charge in [0.15, 0.2) is 5.79 Å². The largest absolute Gasteiger partial charge is 0.348 e. The summed E-state index contributed by atoms with van der Waals surface area (Å²) in [4.78, 5) is 2.77. The van der Waals surface area contributed by atoms with Crippen LogP contribution in [0.25, 0.3) is 0 Å². The second-order valence-corrected chi connectivity index (χ2v) is 4.51. The monoisotopic (exact) mass is 244 g/mol. The number of ether oxygens (including phenoxy) is 2. The highest BCUT2D eigenvalue weighted by Crippen LogP contribution is 2.45. The van der Waals surface area contributed by atoms with Crippen LogP contribution >= 0.6 is 15.9 Å². The summed E-state index contributed by atoms with van der Waals surface area (Å²) in [6.07, 6.45) is 1.41. The van der Waals surface area contributed by atoms with Gasteiger partial charge in [-0.1, -0.05) is 5.92 Å². The molecule has 3 atom stereocenters. The molecule has 0 N–H and O–H groups in total. The van der Waals surface area contributed by atoms with Crippen molar-refractivity contribution in [2.24, 2.45) is 11.8 Å². The fraction of sp³-hybridized carbons (Fsp3) is 0.800. The molecule has 1 saturated carbocycles. The van der Waals surface area contributed by atoms with Crippen LogP contribution in [0.5, 0.6) is 0 Å². The highest BCUT2D eigenvalue weighted by Gasteiger charge is 2.48. The molecule has 2 nitrogen and oxygen atoms in total. The summed E-state index contributed by atoms with van der Waals surface area (Å²) in [5, 5.41) is 0. The molecule has 0 spiro atoms. The Balaban J connectivity index is 1.88. The van der Waals surface area contributed by atoms with Crippen LogP contribution in [0.2, 0.25) is 0 Å². The topological polar surface area (TPSA) is 18.5 Å². The molecular formula is C10H13BrO2. The van der Waals surface area contributed by atoms with Crippen molar-refractivity contribution in [3.63, 3.8) is 0 Å². The Bertz CT molecular complexity index is 264. The normalized spacial score (nSPS) is 41.0. The zero-order valence-corrected chi connectivity index (χ0v) is 9.43. The van der Waals surface area contributed by atoms with E-state index in [1.807, 2.05) is 13.8 Å². The molecule has 0 aromatic carbocycles. The van der Waals surface area contributed by atoms with E-state index in [0.29, 0.717) is 11.8 Å². The molecule has 0 bridgehead atoms. The Morgan fingerprint density at radius 1 is 1.46 bits per heavy atom. The Hall–Kier alpha value is -0.0400. The lowest BCUT2D eigenvalue weighted by Crippen LogP contribution is -2.22. The first-order chi connectivity index (χ1) is 6.12. The second kappa shape index (κ2) is 3.27. The summed E-state index contributed by atoms with van der Waals surface area (Å²) < 4.78 is 11.2. The van der Waals surface area contributed by atoms with Gasteiger partial charge in [0.1, 0.15) is 0 Å². The minimum Gasteiger partial charge on any atom is -0.348 e. The molecule has 1 heterocycles. The number of halogens is 1. The van der Waals surface area contributed by atoms with Crippen molar-refractivity contribution in [3.05, 3.63) is 0 Å². The second-order valence-electron chi connectivity index (χ2n) is 4.11. The smallest absolute Gasteiger partial charge is 0.163 e. The summed E-state index contributed by atoms with van der Waals surface area (Å²) in [5.41, 5.74) is 0. The van der Waals surface area contributed by atoms with Crippen LogP contribution in [0.1, 0.15) is 20.3 Å². The van der Waals surface area contributed by atoms with E-state index in [2.05, 4.69) is 26.7 Å². The summed E-state index contributed by atoms with van der Waals surface area (Å²) in [6.45, 7) is 4.64. The number of hydrogen-bond donors (Lipinski definition) is 0. The van der Waals surface area contributed by atoms with Crippen molar-refractivity contribution in [1.29, 1.82) is 0 Å². The fourth-order valence-electron chi connectivity index (χ4n) is 1.79. The van der Waals surface area contributed by atoms with Crippen LogP contribution in [0.15, 0.2) is 0 Å². The van der Waals surface area contributed by atoms with Crippen molar-refractivity contribution in [1.82, 2.24) is 0 Å². The molecule has 1 aliphatic heterocycles. The van der Waals surface area contributed by atoms with Gasteiger partial charge < -0.3 is 9.47 Å². The first-order valence-corrected chi connectivity index (χ1v) is 5.34. The van der Waals surface area contributed by atoms with Crippen LogP contribution in [0.3, 0.4) is 0 Å². The van der Waals surface area contributed by atoms with Gasteiger partial charge in [-0.05, 0) is 25.1 Å². The van der Waals surface area contributed by atoms with Crippen molar-refractivity contribution >= 4 is 15.9 Å². The minimum absolute atomic E-state index is 0.258. The average molecular weight is 245 g/mol. The molecule has 3 heteroatoms. The zero-order valence-electron chi connectivity index (χ0n) is 7.84. The molecule has 13 heavy (non-hydrogen) atoms. The standard InChI is InChI=1S/C10H13BrO2/c1-10(2)12-6-9(13-10)8-5-7(8)3-4-11/h7-9H,5-6H2,1-2H3/t7-,8-,9-/m1/s1. The van der Waals surface area contributed by atoms with E-state index in [0.717, 1.165) is 13.0 Å². The predicted octanol–water partition coefficient (Wildman–Crippen LogP) is 2.13. The SMILES string of the molecule is CC1(C)OC[C@H]([C@@H]2C[C@H]2C#CBr)O1. The molecule has 1 aliphatic carbocycles. The number of rotatable bonds is 1. The van der Waals surface area contributed by atoms with Crippen LogP contribution in [-0.2, 0) is 9.47 Å². The lowest BCUT2D eigenvalue weighted by atomic mass is 10.2. The maximum absolute atomic E-state index is 5.74. The van der Waals surface area contributed by atoms with Gasteiger partial charge in [0.25, 0.3) is 0 Å². The Labute approximate surface area is 87.1 Å².